The van der Waals surface area contributed by atoms with Crippen molar-refractivity contribution in [2.75, 3.05) is 31.1 Å². The Labute approximate surface area is 196 Å². The number of primary amides is 1. The third-order valence-electron chi connectivity index (χ3n) is 6.52. The van der Waals surface area contributed by atoms with Gasteiger partial charge in [-0.25, -0.2) is 9.50 Å². The summed E-state index contributed by atoms with van der Waals surface area (Å²) >= 11 is 0. The Hall–Kier alpha value is -4.23. The lowest BCUT2D eigenvalue weighted by atomic mass is 9.96. The molecule has 5 aromatic rings. The number of amides is 1. The zero-order valence-corrected chi connectivity index (χ0v) is 18.6. The summed E-state index contributed by atoms with van der Waals surface area (Å²) in [7, 11) is 0. The smallest absolute Gasteiger partial charge is 0.249 e. The monoisotopic (exact) mass is 448 g/mol. The fourth-order valence-electron chi connectivity index (χ4n) is 4.75. The average molecular weight is 449 g/mol. The first-order valence-corrected chi connectivity index (χ1v) is 11.4. The molecule has 34 heavy (non-hydrogen) atoms. The van der Waals surface area contributed by atoms with Crippen LogP contribution in [-0.2, 0) is 0 Å². The van der Waals surface area contributed by atoms with E-state index in [0.29, 0.717) is 5.56 Å². The van der Waals surface area contributed by atoms with Gasteiger partial charge in [0.1, 0.15) is 0 Å². The minimum Gasteiger partial charge on any atom is -0.369 e. The van der Waals surface area contributed by atoms with Crippen molar-refractivity contribution >= 4 is 28.0 Å². The van der Waals surface area contributed by atoms with Gasteiger partial charge in [-0.15, -0.1) is 0 Å². The first-order valence-electron chi connectivity index (χ1n) is 11.4. The molecule has 1 fully saturated rings. The zero-order chi connectivity index (χ0) is 23.1. The van der Waals surface area contributed by atoms with E-state index in [-0.39, 0.29) is 0 Å². The number of nitrogens with two attached hydrogens (primary N) is 1. The van der Waals surface area contributed by atoms with Crippen LogP contribution >= 0.6 is 0 Å². The highest BCUT2D eigenvalue weighted by molar-refractivity contribution is 6.11. The molecule has 7 heteroatoms. The number of anilines is 1. The molecule has 0 unspecified atom stereocenters. The van der Waals surface area contributed by atoms with Gasteiger partial charge in [0.15, 0.2) is 5.65 Å². The second-order valence-corrected chi connectivity index (χ2v) is 8.52. The van der Waals surface area contributed by atoms with Crippen LogP contribution in [0.4, 0.5) is 5.69 Å². The maximum absolute atomic E-state index is 11.9. The molecule has 0 aliphatic carbocycles. The van der Waals surface area contributed by atoms with E-state index in [1.807, 2.05) is 53.4 Å². The van der Waals surface area contributed by atoms with E-state index in [1.165, 1.54) is 5.69 Å². The normalized spacial score (nSPS) is 14.1. The summed E-state index contributed by atoms with van der Waals surface area (Å²) in [5.41, 5.74) is 12.1. The van der Waals surface area contributed by atoms with E-state index in [4.69, 9.17) is 10.7 Å². The lowest BCUT2D eigenvalue weighted by Crippen LogP contribution is -2.43. The van der Waals surface area contributed by atoms with Crippen LogP contribution in [0, 0.1) is 0 Å². The van der Waals surface area contributed by atoms with Gasteiger partial charge in [0, 0.05) is 61.0 Å². The molecular weight excluding hydrogens is 424 g/mol. The van der Waals surface area contributed by atoms with Crippen LogP contribution in [0.2, 0.25) is 0 Å². The van der Waals surface area contributed by atoms with E-state index in [0.717, 1.165) is 64.9 Å². The Morgan fingerprint density at radius 2 is 1.62 bits per heavy atom. The Morgan fingerprint density at radius 1 is 0.853 bits per heavy atom. The van der Waals surface area contributed by atoms with Crippen LogP contribution in [-0.4, -0.2) is 46.7 Å². The second kappa shape index (κ2) is 8.28. The molecule has 3 heterocycles. The number of aromatic nitrogens is 3. The number of carbonyl (C=O) groups excluding carboxylic acids is 1. The molecule has 3 N–H and O–H groups in total. The largest absolute Gasteiger partial charge is 0.369 e. The minimum atomic E-state index is -0.437. The maximum Gasteiger partial charge on any atom is 0.249 e. The molecule has 0 radical (unpaired) electrons. The molecule has 0 atom stereocenters. The quantitative estimate of drug-likeness (QED) is 0.437. The molecule has 0 saturated carbocycles. The van der Waals surface area contributed by atoms with Gasteiger partial charge >= 0.3 is 0 Å². The highest BCUT2D eigenvalue weighted by atomic mass is 16.1. The molecule has 3 aromatic carbocycles. The van der Waals surface area contributed by atoms with Crippen molar-refractivity contribution in [2.24, 2.45) is 5.73 Å². The first-order chi connectivity index (χ1) is 16.7. The fourth-order valence-corrected chi connectivity index (χ4v) is 4.75. The molecule has 1 aliphatic rings. The van der Waals surface area contributed by atoms with E-state index >= 15 is 0 Å². The summed E-state index contributed by atoms with van der Waals surface area (Å²) < 4.78 is 1.81. The number of benzene rings is 3. The predicted octanol–water partition coefficient (Wildman–Crippen LogP) is 3.73. The number of fused-ring (bicyclic) bond motifs is 2. The maximum atomic E-state index is 11.9. The number of rotatable bonds is 4. The predicted molar refractivity (Wildman–Crippen MR) is 135 cm³/mol. The van der Waals surface area contributed by atoms with Crippen molar-refractivity contribution in [3.05, 3.63) is 84.8 Å². The Bertz CT molecular complexity index is 1520. The number of hydrogen-bond acceptors (Lipinski definition) is 5. The first kappa shape index (κ1) is 20.4. The molecule has 1 aliphatic heterocycles. The number of nitrogens with one attached hydrogen (secondary N) is 1. The van der Waals surface area contributed by atoms with E-state index < -0.39 is 5.91 Å². The van der Waals surface area contributed by atoms with Crippen LogP contribution < -0.4 is 16.0 Å². The van der Waals surface area contributed by atoms with Gasteiger partial charge in [-0.2, -0.15) is 5.10 Å². The van der Waals surface area contributed by atoms with Crippen LogP contribution in [0.1, 0.15) is 10.4 Å². The van der Waals surface area contributed by atoms with Gasteiger partial charge in [-0.1, -0.05) is 42.5 Å². The van der Waals surface area contributed by atoms with Crippen molar-refractivity contribution in [3.8, 4) is 22.3 Å². The molecule has 6 rings (SSSR count). The number of carbonyl (C=O) groups is 1. The van der Waals surface area contributed by atoms with Gasteiger partial charge in [0.05, 0.1) is 6.20 Å². The standard InChI is InChI=1S/C27H24N6O/c28-26(34)24-10-9-23(21-3-1-2-4-22(21)24)25-16-31-33-17-19(15-30-27(25)33)18-5-7-20(8-6-18)32-13-11-29-12-14-32/h1-10,15-17,29H,11-14H2,(H2,28,34). The second-order valence-electron chi connectivity index (χ2n) is 8.52. The number of nitrogens with zero attached hydrogens (tertiary/aromatic N) is 4. The van der Waals surface area contributed by atoms with Crippen molar-refractivity contribution in [1.82, 2.24) is 19.9 Å². The van der Waals surface area contributed by atoms with Gasteiger partial charge in [-0.3, -0.25) is 4.79 Å². The Kier molecular flexibility index (Phi) is 4.96. The summed E-state index contributed by atoms with van der Waals surface area (Å²) in [6.07, 6.45) is 5.72. The van der Waals surface area contributed by atoms with Crippen molar-refractivity contribution < 1.29 is 4.79 Å². The number of piperazine rings is 1. The molecule has 0 bridgehead atoms. The molecule has 168 valence electrons. The molecule has 7 nitrogen and oxygen atoms in total. The van der Waals surface area contributed by atoms with E-state index in [1.54, 1.807) is 6.07 Å². The SMILES string of the molecule is NC(=O)c1ccc(-c2cnn3cc(-c4ccc(N5CCNCC5)cc4)cnc23)c2ccccc12. The van der Waals surface area contributed by atoms with Gasteiger partial charge in [-0.05, 0) is 40.1 Å². The Balaban J connectivity index is 1.37. The molecule has 1 amide bonds. The van der Waals surface area contributed by atoms with Gasteiger partial charge in [0.2, 0.25) is 5.91 Å². The lowest BCUT2D eigenvalue weighted by molar-refractivity contribution is 0.100. The minimum absolute atomic E-state index is 0.437. The summed E-state index contributed by atoms with van der Waals surface area (Å²) in [5, 5.41) is 9.75. The Morgan fingerprint density at radius 3 is 2.38 bits per heavy atom. The highest BCUT2D eigenvalue weighted by Crippen LogP contribution is 2.33. The van der Waals surface area contributed by atoms with Crippen molar-refractivity contribution in [2.45, 2.75) is 0 Å². The summed E-state index contributed by atoms with van der Waals surface area (Å²) in [6, 6.07) is 20.1. The summed E-state index contributed by atoms with van der Waals surface area (Å²) in [6.45, 7) is 4.09. The fraction of sp³-hybridized carbons (Fsp3) is 0.148. The van der Waals surface area contributed by atoms with Crippen LogP contribution in [0.5, 0.6) is 0 Å². The topological polar surface area (TPSA) is 88.5 Å². The van der Waals surface area contributed by atoms with Crippen molar-refractivity contribution in [3.63, 3.8) is 0 Å². The van der Waals surface area contributed by atoms with E-state index in [9.17, 15) is 4.79 Å². The van der Waals surface area contributed by atoms with Crippen molar-refractivity contribution in [1.29, 1.82) is 0 Å². The highest BCUT2D eigenvalue weighted by Gasteiger charge is 2.16. The van der Waals surface area contributed by atoms with Crippen LogP contribution in [0.25, 0.3) is 38.7 Å². The average Bonchev–Trinajstić information content (AvgIpc) is 3.31. The molecular formula is C27H24N6O. The van der Waals surface area contributed by atoms with Gasteiger partial charge < -0.3 is 16.0 Å². The molecule has 2 aromatic heterocycles. The summed E-state index contributed by atoms with van der Waals surface area (Å²) in [5.74, 6) is -0.437. The van der Waals surface area contributed by atoms with Crippen LogP contribution in [0.15, 0.2) is 79.3 Å². The third-order valence-corrected chi connectivity index (χ3v) is 6.52. The zero-order valence-electron chi connectivity index (χ0n) is 18.6. The third kappa shape index (κ3) is 3.47. The number of hydrogen-bond donors (Lipinski definition) is 2. The van der Waals surface area contributed by atoms with Gasteiger partial charge in [0.25, 0.3) is 0 Å². The summed E-state index contributed by atoms with van der Waals surface area (Å²) in [4.78, 5) is 19.1. The molecule has 1 saturated heterocycles. The lowest BCUT2D eigenvalue weighted by Gasteiger charge is -2.29. The van der Waals surface area contributed by atoms with Crippen LogP contribution in [0.3, 0.4) is 0 Å². The van der Waals surface area contributed by atoms with E-state index in [2.05, 4.69) is 39.6 Å². The molecule has 0 spiro atoms.